The SMILES string of the molecule is Cc1ccc(CC(=O)Nc2ccc(NC(=O)/C=C/c3ccc(S(=O)(=O)C(F)(F)F)cc3)cc2C(=O)c2ccccc2)cc1. The Morgan fingerprint density at radius 1 is 0.814 bits per heavy atom. The van der Waals surface area contributed by atoms with E-state index in [2.05, 4.69) is 10.6 Å². The molecule has 220 valence electrons. The Balaban J connectivity index is 1.52. The molecule has 4 aromatic carbocycles. The highest BCUT2D eigenvalue weighted by molar-refractivity contribution is 7.92. The average molecular weight is 607 g/mol. The maximum Gasteiger partial charge on any atom is 0.501 e. The van der Waals surface area contributed by atoms with Gasteiger partial charge in [0.1, 0.15) is 0 Å². The molecule has 0 aliphatic carbocycles. The summed E-state index contributed by atoms with van der Waals surface area (Å²) in [5.74, 6) is -1.34. The molecule has 2 N–H and O–H groups in total. The number of nitrogens with one attached hydrogen (secondary N) is 2. The molecule has 0 heterocycles. The predicted molar refractivity (Wildman–Crippen MR) is 157 cm³/mol. The van der Waals surface area contributed by atoms with Gasteiger partial charge in [0.2, 0.25) is 11.8 Å². The molecular weight excluding hydrogens is 581 g/mol. The fourth-order valence-electron chi connectivity index (χ4n) is 4.00. The van der Waals surface area contributed by atoms with Crippen LogP contribution in [0.25, 0.3) is 6.08 Å². The van der Waals surface area contributed by atoms with E-state index < -0.39 is 26.1 Å². The van der Waals surface area contributed by atoms with Crippen molar-refractivity contribution in [2.75, 3.05) is 10.6 Å². The van der Waals surface area contributed by atoms with Crippen molar-refractivity contribution in [1.29, 1.82) is 0 Å². The second-order valence-electron chi connectivity index (χ2n) is 9.51. The number of hydrogen-bond acceptors (Lipinski definition) is 5. The van der Waals surface area contributed by atoms with Crippen LogP contribution in [0.4, 0.5) is 24.5 Å². The van der Waals surface area contributed by atoms with E-state index in [1.807, 2.05) is 31.2 Å². The van der Waals surface area contributed by atoms with Gasteiger partial charge >= 0.3 is 5.51 Å². The molecule has 0 aromatic heterocycles. The largest absolute Gasteiger partial charge is 0.501 e. The van der Waals surface area contributed by atoms with E-state index in [4.69, 9.17) is 0 Å². The molecule has 0 fully saturated rings. The fraction of sp³-hybridized carbons (Fsp3) is 0.0938. The third-order valence-electron chi connectivity index (χ3n) is 6.25. The van der Waals surface area contributed by atoms with Gasteiger partial charge in [-0.05, 0) is 54.5 Å². The highest BCUT2D eigenvalue weighted by Crippen LogP contribution is 2.30. The molecule has 2 amide bonds. The summed E-state index contributed by atoms with van der Waals surface area (Å²) in [6.07, 6.45) is 2.48. The van der Waals surface area contributed by atoms with Crippen LogP contribution in [0, 0.1) is 6.92 Å². The van der Waals surface area contributed by atoms with E-state index in [1.165, 1.54) is 24.3 Å². The number of sulfone groups is 1. The van der Waals surface area contributed by atoms with Crippen LogP contribution in [-0.4, -0.2) is 31.5 Å². The highest BCUT2D eigenvalue weighted by atomic mass is 32.2. The van der Waals surface area contributed by atoms with Gasteiger partial charge in [0.15, 0.2) is 5.78 Å². The second-order valence-corrected chi connectivity index (χ2v) is 11.4. The molecule has 0 aliphatic rings. The van der Waals surface area contributed by atoms with Crippen molar-refractivity contribution in [1.82, 2.24) is 0 Å². The molecule has 0 aliphatic heterocycles. The minimum Gasteiger partial charge on any atom is -0.325 e. The van der Waals surface area contributed by atoms with Gasteiger partial charge < -0.3 is 10.6 Å². The van der Waals surface area contributed by atoms with E-state index >= 15 is 0 Å². The molecule has 43 heavy (non-hydrogen) atoms. The monoisotopic (exact) mass is 606 g/mol. The van der Waals surface area contributed by atoms with E-state index in [1.54, 1.807) is 30.3 Å². The van der Waals surface area contributed by atoms with Crippen molar-refractivity contribution >= 4 is 44.9 Å². The van der Waals surface area contributed by atoms with Crippen molar-refractivity contribution in [3.05, 3.63) is 131 Å². The Kier molecular flexibility index (Phi) is 9.25. The molecule has 4 aromatic rings. The number of halogens is 3. The quantitative estimate of drug-likeness (QED) is 0.170. The Morgan fingerprint density at radius 3 is 2.09 bits per heavy atom. The molecule has 11 heteroatoms. The van der Waals surface area contributed by atoms with Gasteiger partial charge in [0.05, 0.1) is 17.0 Å². The Bertz CT molecular complexity index is 1780. The minimum absolute atomic E-state index is 0.0889. The lowest BCUT2D eigenvalue weighted by atomic mass is 10.0. The van der Waals surface area contributed by atoms with Gasteiger partial charge in [-0.25, -0.2) is 8.42 Å². The predicted octanol–water partition coefficient (Wildman–Crippen LogP) is 6.35. The summed E-state index contributed by atoms with van der Waals surface area (Å²) < 4.78 is 61.3. The van der Waals surface area contributed by atoms with E-state index in [0.29, 0.717) is 5.56 Å². The van der Waals surface area contributed by atoms with E-state index in [0.717, 1.165) is 41.5 Å². The minimum atomic E-state index is -5.48. The molecule has 0 saturated heterocycles. The van der Waals surface area contributed by atoms with E-state index in [9.17, 15) is 36.0 Å². The smallest absolute Gasteiger partial charge is 0.325 e. The lowest BCUT2D eigenvalue weighted by Gasteiger charge is -2.13. The van der Waals surface area contributed by atoms with Crippen molar-refractivity contribution in [3.8, 4) is 0 Å². The van der Waals surface area contributed by atoms with Gasteiger partial charge in [0, 0.05) is 22.9 Å². The topological polar surface area (TPSA) is 109 Å². The maximum atomic E-state index is 13.4. The first-order valence-corrected chi connectivity index (χ1v) is 14.3. The number of aryl methyl sites for hydroxylation is 1. The first-order chi connectivity index (χ1) is 20.3. The molecule has 0 spiro atoms. The molecule has 0 saturated carbocycles. The summed E-state index contributed by atoms with van der Waals surface area (Å²) in [4.78, 5) is 37.8. The number of carbonyl (C=O) groups excluding carboxylic acids is 3. The van der Waals surface area contributed by atoms with Crippen LogP contribution in [0.2, 0.25) is 0 Å². The number of amides is 2. The number of carbonyl (C=O) groups is 3. The van der Waals surface area contributed by atoms with Gasteiger partial charge in [0.25, 0.3) is 9.84 Å². The van der Waals surface area contributed by atoms with Crippen LogP contribution < -0.4 is 10.6 Å². The third-order valence-corrected chi connectivity index (χ3v) is 7.75. The Labute approximate surface area is 246 Å². The van der Waals surface area contributed by atoms with Crippen LogP contribution in [0.1, 0.15) is 32.6 Å². The summed E-state index contributed by atoms with van der Waals surface area (Å²) in [7, 11) is -5.48. The zero-order valence-electron chi connectivity index (χ0n) is 22.7. The number of alkyl halides is 3. The molecular formula is C32H25F3N2O5S. The lowest BCUT2D eigenvalue weighted by molar-refractivity contribution is -0.115. The lowest BCUT2D eigenvalue weighted by Crippen LogP contribution is -2.23. The van der Waals surface area contributed by atoms with Crippen LogP contribution in [-0.2, 0) is 25.8 Å². The van der Waals surface area contributed by atoms with E-state index in [-0.39, 0.29) is 40.6 Å². The zero-order chi connectivity index (χ0) is 31.2. The van der Waals surface area contributed by atoms with Crippen molar-refractivity contribution < 1.29 is 36.0 Å². The van der Waals surface area contributed by atoms with Gasteiger partial charge in [-0.1, -0.05) is 72.3 Å². The second kappa shape index (κ2) is 12.9. The van der Waals surface area contributed by atoms with Crippen LogP contribution in [0.15, 0.2) is 108 Å². The Hall–Kier alpha value is -5.03. The number of hydrogen-bond donors (Lipinski definition) is 2. The summed E-state index contributed by atoms with van der Waals surface area (Å²) in [5.41, 5.74) is -2.27. The number of benzene rings is 4. The average Bonchev–Trinajstić information content (AvgIpc) is 2.98. The van der Waals surface area contributed by atoms with Crippen LogP contribution in [0.3, 0.4) is 0 Å². The fourth-order valence-corrected chi connectivity index (χ4v) is 4.76. The van der Waals surface area contributed by atoms with Crippen molar-refractivity contribution in [2.45, 2.75) is 23.7 Å². The summed E-state index contributed by atoms with van der Waals surface area (Å²) in [5, 5.41) is 5.38. The molecule has 0 atom stereocenters. The molecule has 0 unspecified atom stereocenters. The van der Waals surface area contributed by atoms with Crippen LogP contribution >= 0.6 is 0 Å². The maximum absolute atomic E-state index is 13.4. The zero-order valence-corrected chi connectivity index (χ0v) is 23.5. The van der Waals surface area contributed by atoms with Crippen molar-refractivity contribution in [3.63, 3.8) is 0 Å². The molecule has 0 radical (unpaired) electrons. The molecule has 7 nitrogen and oxygen atoms in total. The van der Waals surface area contributed by atoms with Gasteiger partial charge in [-0.2, -0.15) is 13.2 Å². The first-order valence-electron chi connectivity index (χ1n) is 12.8. The number of anilines is 2. The van der Waals surface area contributed by atoms with Gasteiger partial charge in [-0.3, -0.25) is 14.4 Å². The number of rotatable bonds is 9. The van der Waals surface area contributed by atoms with Crippen molar-refractivity contribution in [2.24, 2.45) is 0 Å². The third kappa shape index (κ3) is 7.83. The summed E-state index contributed by atoms with van der Waals surface area (Å²) in [6, 6.07) is 24.2. The highest BCUT2D eigenvalue weighted by Gasteiger charge is 2.46. The molecule has 4 rings (SSSR count). The standard InChI is InChI=1S/C32H25F3N2O5S/c1-21-7-9-23(10-8-21)19-30(39)37-28-17-14-25(20-27(28)31(40)24-5-3-2-4-6-24)36-29(38)18-13-22-11-15-26(16-12-22)43(41,42)32(33,34)35/h2-18,20H,19H2,1H3,(H,36,38)(H,37,39)/b18-13+. The van der Waals surface area contributed by atoms with Gasteiger partial charge in [-0.15, -0.1) is 0 Å². The summed E-state index contributed by atoms with van der Waals surface area (Å²) >= 11 is 0. The summed E-state index contributed by atoms with van der Waals surface area (Å²) in [6.45, 7) is 1.94. The molecule has 0 bridgehead atoms. The number of ketones is 1. The Morgan fingerprint density at radius 2 is 1.47 bits per heavy atom. The normalized spacial score (nSPS) is 11.7. The first kappa shape index (κ1) is 30.9. The van der Waals surface area contributed by atoms with Crippen LogP contribution in [0.5, 0.6) is 0 Å².